The van der Waals surface area contributed by atoms with E-state index in [1.54, 1.807) is 14.2 Å². The molecule has 17 heavy (non-hydrogen) atoms. The predicted molar refractivity (Wildman–Crippen MR) is 73.5 cm³/mol. The Morgan fingerprint density at radius 3 is 2.71 bits per heavy atom. The minimum Gasteiger partial charge on any atom is -0.497 e. The lowest BCUT2D eigenvalue weighted by molar-refractivity contribution is 0.395. The Morgan fingerprint density at radius 1 is 1.29 bits per heavy atom. The summed E-state index contributed by atoms with van der Waals surface area (Å²) in [6.45, 7) is 2.28. The second-order valence-electron chi connectivity index (χ2n) is 4.29. The van der Waals surface area contributed by atoms with Gasteiger partial charge in [0.25, 0.3) is 0 Å². The molecule has 1 fully saturated rings. The van der Waals surface area contributed by atoms with E-state index in [2.05, 4.69) is 12.2 Å². The highest BCUT2D eigenvalue weighted by Gasteiger charge is 2.22. The normalized spacial score (nSPS) is 23.5. The number of rotatable bonds is 4. The molecule has 1 aliphatic rings. The van der Waals surface area contributed by atoms with Crippen LogP contribution in [0.5, 0.6) is 11.5 Å². The van der Waals surface area contributed by atoms with E-state index in [0.29, 0.717) is 6.04 Å². The Bertz CT molecular complexity index is 384. The zero-order valence-electron chi connectivity index (χ0n) is 10.5. The van der Waals surface area contributed by atoms with Gasteiger partial charge >= 0.3 is 0 Å². The Hall–Kier alpha value is -1.03. The molecule has 0 aromatic heterocycles. The van der Waals surface area contributed by atoms with Crippen LogP contribution in [0.4, 0.5) is 5.69 Å². The van der Waals surface area contributed by atoms with Gasteiger partial charge in [-0.05, 0) is 18.6 Å². The maximum Gasteiger partial charge on any atom is 0.145 e. The van der Waals surface area contributed by atoms with Crippen molar-refractivity contribution in [2.24, 2.45) is 0 Å². The highest BCUT2D eigenvalue weighted by molar-refractivity contribution is 8.00. The number of hydrogen-bond acceptors (Lipinski definition) is 4. The van der Waals surface area contributed by atoms with Crippen LogP contribution in [0.15, 0.2) is 18.2 Å². The topological polar surface area (TPSA) is 30.5 Å². The summed E-state index contributed by atoms with van der Waals surface area (Å²) in [4.78, 5) is 0. The first-order chi connectivity index (χ1) is 8.22. The van der Waals surface area contributed by atoms with E-state index >= 15 is 0 Å². The first-order valence-electron chi connectivity index (χ1n) is 5.83. The van der Waals surface area contributed by atoms with E-state index in [0.717, 1.165) is 28.2 Å². The first-order valence-corrected chi connectivity index (χ1v) is 6.88. The van der Waals surface area contributed by atoms with Gasteiger partial charge in [0.1, 0.15) is 11.5 Å². The molecule has 0 spiro atoms. The summed E-state index contributed by atoms with van der Waals surface area (Å²) in [7, 11) is 3.35. The lowest BCUT2D eigenvalue weighted by atomic mass is 10.2. The Kier molecular flexibility index (Phi) is 4.05. The van der Waals surface area contributed by atoms with Crippen molar-refractivity contribution in [3.05, 3.63) is 18.2 Å². The highest BCUT2D eigenvalue weighted by Crippen LogP contribution is 2.33. The molecule has 3 nitrogen and oxygen atoms in total. The Labute approximate surface area is 107 Å². The maximum absolute atomic E-state index is 5.38. The Morgan fingerprint density at radius 2 is 2.12 bits per heavy atom. The van der Waals surface area contributed by atoms with Crippen LogP contribution in [-0.2, 0) is 0 Å². The fourth-order valence-electron chi connectivity index (χ4n) is 2.06. The van der Waals surface area contributed by atoms with Crippen molar-refractivity contribution in [2.75, 3.05) is 25.3 Å². The van der Waals surface area contributed by atoms with Crippen molar-refractivity contribution in [3.63, 3.8) is 0 Å². The van der Waals surface area contributed by atoms with E-state index in [9.17, 15) is 0 Å². The van der Waals surface area contributed by atoms with Crippen LogP contribution in [0.1, 0.15) is 13.3 Å². The first kappa shape index (κ1) is 12.4. The summed E-state index contributed by atoms with van der Waals surface area (Å²) >= 11 is 2.02. The number of ether oxygens (including phenoxy) is 2. The third kappa shape index (κ3) is 3.00. The minimum atomic E-state index is 0.539. The van der Waals surface area contributed by atoms with Crippen LogP contribution in [0.3, 0.4) is 0 Å². The summed E-state index contributed by atoms with van der Waals surface area (Å²) in [6.07, 6.45) is 1.21. The molecular formula is C13H19NO2S. The largest absolute Gasteiger partial charge is 0.497 e. The lowest BCUT2D eigenvalue weighted by Crippen LogP contribution is -2.19. The summed E-state index contributed by atoms with van der Waals surface area (Å²) in [5.41, 5.74) is 1.05. The number of benzene rings is 1. The van der Waals surface area contributed by atoms with E-state index < -0.39 is 0 Å². The third-order valence-electron chi connectivity index (χ3n) is 2.97. The molecular weight excluding hydrogens is 234 g/mol. The zero-order chi connectivity index (χ0) is 12.3. The molecule has 1 saturated heterocycles. The molecule has 94 valence electrons. The number of anilines is 1. The quantitative estimate of drug-likeness (QED) is 0.893. The highest BCUT2D eigenvalue weighted by atomic mass is 32.2. The van der Waals surface area contributed by atoms with Gasteiger partial charge < -0.3 is 14.8 Å². The van der Waals surface area contributed by atoms with Crippen molar-refractivity contribution < 1.29 is 9.47 Å². The second-order valence-corrected chi connectivity index (χ2v) is 5.76. The van der Waals surface area contributed by atoms with Gasteiger partial charge in [-0.15, -0.1) is 0 Å². The van der Waals surface area contributed by atoms with Gasteiger partial charge in [-0.2, -0.15) is 11.8 Å². The Balaban J connectivity index is 2.09. The monoisotopic (exact) mass is 253 g/mol. The van der Waals surface area contributed by atoms with Crippen molar-refractivity contribution >= 4 is 17.4 Å². The molecule has 1 aromatic carbocycles. The van der Waals surface area contributed by atoms with Gasteiger partial charge in [0.05, 0.1) is 19.9 Å². The van der Waals surface area contributed by atoms with Crippen molar-refractivity contribution in [1.82, 2.24) is 0 Å². The van der Waals surface area contributed by atoms with E-state index in [4.69, 9.17) is 9.47 Å². The minimum absolute atomic E-state index is 0.539. The van der Waals surface area contributed by atoms with Crippen molar-refractivity contribution in [1.29, 1.82) is 0 Å². The zero-order valence-corrected chi connectivity index (χ0v) is 11.3. The molecule has 1 aliphatic heterocycles. The average Bonchev–Trinajstić information content (AvgIpc) is 2.75. The number of thioether (sulfide) groups is 1. The molecule has 0 bridgehead atoms. The lowest BCUT2D eigenvalue weighted by Gasteiger charge is -2.16. The SMILES string of the molecule is COc1ccc(NC2CSC(C)C2)c(OC)c1. The van der Waals surface area contributed by atoms with Gasteiger partial charge in [-0.1, -0.05) is 6.92 Å². The molecule has 2 atom stereocenters. The summed E-state index contributed by atoms with van der Waals surface area (Å²) in [6, 6.07) is 6.42. The van der Waals surface area contributed by atoms with Crippen LogP contribution in [-0.4, -0.2) is 31.3 Å². The van der Waals surface area contributed by atoms with Crippen LogP contribution < -0.4 is 14.8 Å². The molecule has 0 radical (unpaired) electrons. The van der Waals surface area contributed by atoms with E-state index in [1.807, 2.05) is 30.0 Å². The van der Waals surface area contributed by atoms with Crippen molar-refractivity contribution in [3.8, 4) is 11.5 Å². The summed E-state index contributed by atoms with van der Waals surface area (Å²) in [5, 5.41) is 4.29. The van der Waals surface area contributed by atoms with Gasteiger partial charge in [0.15, 0.2) is 0 Å². The van der Waals surface area contributed by atoms with Gasteiger partial charge in [-0.25, -0.2) is 0 Å². The fourth-order valence-corrected chi connectivity index (χ4v) is 3.20. The van der Waals surface area contributed by atoms with Crippen LogP contribution in [0, 0.1) is 0 Å². The van der Waals surface area contributed by atoms with Crippen LogP contribution in [0.2, 0.25) is 0 Å². The second kappa shape index (κ2) is 5.54. The van der Waals surface area contributed by atoms with E-state index in [1.165, 1.54) is 6.42 Å². The molecule has 2 unspecified atom stereocenters. The molecule has 1 heterocycles. The molecule has 0 aliphatic carbocycles. The van der Waals surface area contributed by atoms with Crippen LogP contribution >= 0.6 is 11.8 Å². The van der Waals surface area contributed by atoms with Crippen LogP contribution in [0.25, 0.3) is 0 Å². The smallest absolute Gasteiger partial charge is 0.145 e. The summed E-state index contributed by atoms with van der Waals surface area (Å²) < 4.78 is 10.6. The number of nitrogens with one attached hydrogen (secondary N) is 1. The molecule has 1 aromatic rings. The molecule has 0 amide bonds. The van der Waals surface area contributed by atoms with E-state index in [-0.39, 0.29) is 0 Å². The molecule has 1 N–H and O–H groups in total. The molecule has 2 rings (SSSR count). The number of methoxy groups -OCH3 is 2. The van der Waals surface area contributed by atoms with Crippen molar-refractivity contribution in [2.45, 2.75) is 24.6 Å². The fraction of sp³-hybridized carbons (Fsp3) is 0.538. The number of hydrogen-bond donors (Lipinski definition) is 1. The maximum atomic E-state index is 5.38. The molecule has 4 heteroatoms. The summed E-state index contributed by atoms with van der Waals surface area (Å²) in [5.74, 6) is 2.83. The predicted octanol–water partition coefficient (Wildman–Crippen LogP) is 3.01. The molecule has 0 saturated carbocycles. The standard InChI is InChI=1S/C13H19NO2S/c1-9-6-10(8-17-9)14-12-5-4-11(15-2)7-13(12)16-3/h4-5,7,9-10,14H,6,8H2,1-3H3. The van der Waals surface area contributed by atoms with Gasteiger partial charge in [-0.3, -0.25) is 0 Å². The van der Waals surface area contributed by atoms with Gasteiger partial charge in [0, 0.05) is 23.1 Å². The van der Waals surface area contributed by atoms with Gasteiger partial charge in [0.2, 0.25) is 0 Å². The third-order valence-corrected chi connectivity index (χ3v) is 4.32. The average molecular weight is 253 g/mol.